The van der Waals surface area contributed by atoms with E-state index in [0.29, 0.717) is 28.5 Å². The normalized spacial score (nSPS) is 11.2. The van der Waals surface area contributed by atoms with Crippen molar-refractivity contribution in [3.8, 4) is 0 Å². The number of anilines is 1. The Morgan fingerprint density at radius 1 is 1.19 bits per heavy atom. The van der Waals surface area contributed by atoms with E-state index in [1.807, 2.05) is 31.2 Å². The number of carbonyl (C=O) groups excluding carboxylic acids is 1. The molecule has 0 bridgehead atoms. The molecule has 0 saturated carbocycles. The van der Waals surface area contributed by atoms with E-state index in [4.69, 9.17) is 4.42 Å². The molecule has 0 spiro atoms. The van der Waals surface area contributed by atoms with E-state index in [2.05, 4.69) is 15.3 Å². The van der Waals surface area contributed by atoms with Crippen molar-refractivity contribution in [1.82, 2.24) is 9.97 Å². The highest BCUT2D eigenvalue weighted by atomic mass is 32.2. The number of hydrogen-bond acceptors (Lipinski definition) is 5. The molecular formula is C20H16FN3O2S. The number of rotatable bonds is 5. The first-order valence-electron chi connectivity index (χ1n) is 8.50. The first kappa shape index (κ1) is 17.5. The molecule has 0 radical (unpaired) electrons. The molecule has 0 fully saturated rings. The summed E-state index contributed by atoms with van der Waals surface area (Å²) in [6.45, 7) is 1.98. The fraction of sp³-hybridized carbons (Fsp3) is 0.150. The number of aryl methyl sites for hydroxylation is 1. The number of nitrogens with one attached hydrogen (secondary N) is 1. The van der Waals surface area contributed by atoms with E-state index in [1.165, 1.54) is 23.9 Å². The van der Waals surface area contributed by atoms with Crippen molar-refractivity contribution in [2.24, 2.45) is 0 Å². The van der Waals surface area contributed by atoms with Gasteiger partial charge in [0.05, 0.1) is 5.75 Å². The first-order chi connectivity index (χ1) is 13.1. The Morgan fingerprint density at radius 3 is 2.85 bits per heavy atom. The third-order valence-electron chi connectivity index (χ3n) is 4.00. The first-order valence-corrected chi connectivity index (χ1v) is 9.49. The lowest BCUT2D eigenvalue weighted by Crippen LogP contribution is -2.14. The van der Waals surface area contributed by atoms with Crippen LogP contribution in [0.1, 0.15) is 12.7 Å². The second-order valence-corrected chi connectivity index (χ2v) is 6.89. The minimum absolute atomic E-state index is 0.128. The molecule has 0 saturated heterocycles. The van der Waals surface area contributed by atoms with Crippen molar-refractivity contribution in [2.75, 3.05) is 11.1 Å². The number of halogens is 1. The van der Waals surface area contributed by atoms with E-state index >= 15 is 0 Å². The summed E-state index contributed by atoms with van der Waals surface area (Å²) >= 11 is 1.28. The van der Waals surface area contributed by atoms with Crippen molar-refractivity contribution in [3.05, 3.63) is 60.2 Å². The molecule has 0 aliphatic carbocycles. The maximum atomic E-state index is 13.2. The highest BCUT2D eigenvalue weighted by Crippen LogP contribution is 2.33. The van der Waals surface area contributed by atoms with Crippen molar-refractivity contribution in [1.29, 1.82) is 0 Å². The Hall–Kier alpha value is -2.93. The van der Waals surface area contributed by atoms with Gasteiger partial charge < -0.3 is 9.73 Å². The smallest absolute Gasteiger partial charge is 0.234 e. The summed E-state index contributed by atoms with van der Waals surface area (Å²) in [5, 5.41) is 4.24. The van der Waals surface area contributed by atoms with E-state index < -0.39 is 5.82 Å². The van der Waals surface area contributed by atoms with Crippen molar-refractivity contribution in [3.63, 3.8) is 0 Å². The van der Waals surface area contributed by atoms with Crippen LogP contribution >= 0.6 is 11.8 Å². The molecular weight excluding hydrogens is 365 g/mol. The Labute approximate surface area is 159 Å². The fourth-order valence-corrected chi connectivity index (χ4v) is 3.54. The highest BCUT2D eigenvalue weighted by Gasteiger charge is 2.16. The predicted octanol–water partition coefficient (Wildman–Crippen LogP) is 4.81. The molecule has 2 aromatic carbocycles. The Morgan fingerprint density at radius 2 is 2.04 bits per heavy atom. The molecule has 1 N–H and O–H groups in total. The number of hydrogen-bond donors (Lipinski definition) is 1. The molecule has 7 heteroatoms. The third-order valence-corrected chi connectivity index (χ3v) is 4.96. The van der Waals surface area contributed by atoms with Crippen LogP contribution in [0.25, 0.3) is 22.1 Å². The maximum absolute atomic E-state index is 13.2. The Bertz CT molecular complexity index is 1140. The topological polar surface area (TPSA) is 68.0 Å². The quantitative estimate of drug-likeness (QED) is 0.397. The van der Waals surface area contributed by atoms with Crippen LogP contribution in [-0.4, -0.2) is 21.6 Å². The van der Waals surface area contributed by atoms with Crippen LogP contribution in [0.5, 0.6) is 0 Å². The van der Waals surface area contributed by atoms with Gasteiger partial charge in [-0.05, 0) is 30.3 Å². The molecule has 4 rings (SSSR count). The van der Waals surface area contributed by atoms with Crippen LogP contribution in [0.3, 0.4) is 0 Å². The number of aromatic nitrogens is 2. The standard InChI is InChI=1S/C20H16FN3O2S/c1-2-16-23-18-14-8-3-4-9-15(14)26-19(18)20(24-16)27-11-17(25)22-13-7-5-6-12(21)10-13/h3-10H,2,11H2,1H3,(H,22,25). The van der Waals surface area contributed by atoms with E-state index in [-0.39, 0.29) is 11.7 Å². The Balaban J connectivity index is 1.60. The van der Waals surface area contributed by atoms with Gasteiger partial charge in [0.25, 0.3) is 0 Å². The van der Waals surface area contributed by atoms with Gasteiger partial charge in [0.2, 0.25) is 5.91 Å². The number of furan rings is 1. The summed E-state index contributed by atoms with van der Waals surface area (Å²) in [5.74, 6) is 0.185. The van der Waals surface area contributed by atoms with Gasteiger partial charge in [-0.15, -0.1) is 0 Å². The van der Waals surface area contributed by atoms with Crippen LogP contribution in [-0.2, 0) is 11.2 Å². The number of para-hydroxylation sites is 1. The zero-order chi connectivity index (χ0) is 18.8. The van der Waals surface area contributed by atoms with Crippen LogP contribution in [0.4, 0.5) is 10.1 Å². The third kappa shape index (κ3) is 3.64. The van der Waals surface area contributed by atoms with Crippen LogP contribution in [0, 0.1) is 5.82 Å². The lowest BCUT2D eigenvalue weighted by Gasteiger charge is -2.06. The fourth-order valence-electron chi connectivity index (χ4n) is 2.76. The average molecular weight is 381 g/mol. The molecule has 0 atom stereocenters. The van der Waals surface area contributed by atoms with Gasteiger partial charge in [-0.1, -0.05) is 36.9 Å². The Kier molecular flexibility index (Phi) is 4.77. The number of nitrogens with zero attached hydrogens (tertiary/aromatic N) is 2. The molecule has 2 aromatic heterocycles. The summed E-state index contributed by atoms with van der Waals surface area (Å²) in [4.78, 5) is 21.3. The molecule has 5 nitrogen and oxygen atoms in total. The van der Waals surface area contributed by atoms with Crippen molar-refractivity contribution in [2.45, 2.75) is 18.4 Å². The van der Waals surface area contributed by atoms with E-state index in [9.17, 15) is 9.18 Å². The average Bonchev–Trinajstić information content (AvgIpc) is 3.05. The monoisotopic (exact) mass is 381 g/mol. The number of carbonyl (C=O) groups is 1. The largest absolute Gasteiger partial charge is 0.451 e. The van der Waals surface area contributed by atoms with Crippen molar-refractivity contribution < 1.29 is 13.6 Å². The number of benzene rings is 2. The molecule has 0 unspecified atom stereocenters. The van der Waals surface area contributed by atoms with Gasteiger partial charge in [-0.2, -0.15) is 0 Å². The second-order valence-electron chi connectivity index (χ2n) is 5.92. The molecule has 0 aliphatic heterocycles. The minimum atomic E-state index is -0.396. The highest BCUT2D eigenvalue weighted by molar-refractivity contribution is 8.00. The van der Waals surface area contributed by atoms with Crippen LogP contribution < -0.4 is 5.32 Å². The zero-order valence-electron chi connectivity index (χ0n) is 14.5. The summed E-state index contributed by atoms with van der Waals surface area (Å²) in [7, 11) is 0. The van der Waals surface area contributed by atoms with Gasteiger partial charge in [-0.25, -0.2) is 14.4 Å². The summed E-state index contributed by atoms with van der Waals surface area (Å²) in [6, 6.07) is 13.5. The number of fused-ring (bicyclic) bond motifs is 3. The molecule has 136 valence electrons. The van der Waals surface area contributed by atoms with Crippen LogP contribution in [0.2, 0.25) is 0 Å². The van der Waals surface area contributed by atoms with Gasteiger partial charge in [0.15, 0.2) is 5.58 Å². The lowest BCUT2D eigenvalue weighted by molar-refractivity contribution is -0.113. The van der Waals surface area contributed by atoms with Crippen molar-refractivity contribution >= 4 is 45.4 Å². The lowest BCUT2D eigenvalue weighted by atomic mass is 10.2. The predicted molar refractivity (Wildman–Crippen MR) is 104 cm³/mol. The molecule has 4 aromatic rings. The second kappa shape index (κ2) is 7.36. The number of amides is 1. The number of thioether (sulfide) groups is 1. The molecule has 27 heavy (non-hydrogen) atoms. The van der Waals surface area contributed by atoms with E-state index in [0.717, 1.165) is 16.5 Å². The van der Waals surface area contributed by atoms with Crippen LogP contribution in [0.15, 0.2) is 58.0 Å². The van der Waals surface area contributed by atoms with Gasteiger partial charge in [-0.3, -0.25) is 4.79 Å². The molecule has 0 aliphatic rings. The van der Waals surface area contributed by atoms with Gasteiger partial charge >= 0.3 is 0 Å². The minimum Gasteiger partial charge on any atom is -0.451 e. The van der Waals surface area contributed by atoms with Gasteiger partial charge in [0, 0.05) is 17.5 Å². The van der Waals surface area contributed by atoms with E-state index in [1.54, 1.807) is 12.1 Å². The summed E-state index contributed by atoms with van der Waals surface area (Å²) in [6.07, 6.45) is 0.679. The molecule has 1 amide bonds. The summed E-state index contributed by atoms with van der Waals surface area (Å²) < 4.78 is 19.2. The maximum Gasteiger partial charge on any atom is 0.234 e. The SMILES string of the molecule is CCc1nc(SCC(=O)Nc2cccc(F)c2)c2oc3ccccc3c2n1. The van der Waals surface area contributed by atoms with Gasteiger partial charge in [0.1, 0.15) is 27.8 Å². The zero-order valence-corrected chi connectivity index (χ0v) is 15.3. The summed E-state index contributed by atoms with van der Waals surface area (Å²) in [5.41, 5.74) is 2.50. The molecule has 2 heterocycles.